The number of hydrogen-bond acceptors (Lipinski definition) is 3. The first-order chi connectivity index (χ1) is 10.7. The van der Waals surface area contributed by atoms with Crippen LogP contribution in [0.2, 0.25) is 0 Å². The summed E-state index contributed by atoms with van der Waals surface area (Å²) in [7, 11) is 0. The summed E-state index contributed by atoms with van der Waals surface area (Å²) in [6.07, 6.45) is 1.63. The maximum Gasteiger partial charge on any atom is 0.254 e. The Morgan fingerprint density at radius 3 is 2.45 bits per heavy atom. The number of carbonyl (C=O) groups excluding carboxylic acids is 2. The van der Waals surface area contributed by atoms with Crippen LogP contribution in [-0.2, 0) is 9.53 Å². The zero-order chi connectivity index (χ0) is 15.5. The number of rotatable bonds is 2. The number of hydrogen-bond donors (Lipinski definition) is 0. The Balaban J connectivity index is 1.73. The van der Waals surface area contributed by atoms with Crippen molar-refractivity contribution in [2.24, 2.45) is 0 Å². The van der Waals surface area contributed by atoms with Gasteiger partial charge in [-0.1, -0.05) is 15.9 Å². The minimum Gasteiger partial charge on any atom is -0.378 e. The fourth-order valence-corrected chi connectivity index (χ4v) is 3.28. The van der Waals surface area contributed by atoms with Crippen molar-refractivity contribution in [1.82, 2.24) is 9.80 Å². The van der Waals surface area contributed by atoms with Crippen LogP contribution in [0.3, 0.4) is 0 Å². The number of nitrogens with zero attached hydrogens (tertiary/aromatic N) is 2. The van der Waals surface area contributed by atoms with E-state index in [4.69, 9.17) is 4.74 Å². The molecule has 2 fully saturated rings. The van der Waals surface area contributed by atoms with Crippen molar-refractivity contribution in [3.63, 3.8) is 0 Å². The third kappa shape index (κ3) is 3.17. The summed E-state index contributed by atoms with van der Waals surface area (Å²) in [6, 6.07) is 6.96. The lowest BCUT2D eigenvalue weighted by Gasteiger charge is -2.32. The quantitative estimate of drug-likeness (QED) is 0.803. The molecule has 0 aromatic heterocycles. The number of benzene rings is 1. The van der Waals surface area contributed by atoms with Gasteiger partial charge in [-0.25, -0.2) is 0 Å². The largest absolute Gasteiger partial charge is 0.378 e. The Bertz CT molecular complexity index is 555. The molecule has 118 valence electrons. The van der Waals surface area contributed by atoms with E-state index in [1.54, 1.807) is 17.0 Å². The van der Waals surface area contributed by atoms with Crippen LogP contribution in [0.5, 0.6) is 0 Å². The summed E-state index contributed by atoms with van der Waals surface area (Å²) in [5, 5.41) is 0. The van der Waals surface area contributed by atoms with E-state index in [1.807, 2.05) is 17.0 Å². The molecule has 22 heavy (non-hydrogen) atoms. The summed E-state index contributed by atoms with van der Waals surface area (Å²) in [6.45, 7) is 3.05. The Hall–Kier alpha value is -1.40. The lowest BCUT2D eigenvalue weighted by atomic mass is 10.1. The van der Waals surface area contributed by atoms with Gasteiger partial charge in [0, 0.05) is 29.7 Å². The predicted molar refractivity (Wildman–Crippen MR) is 85.6 cm³/mol. The van der Waals surface area contributed by atoms with Crippen molar-refractivity contribution in [1.29, 1.82) is 0 Å². The number of carbonyl (C=O) groups is 2. The highest BCUT2D eigenvalue weighted by atomic mass is 79.9. The molecular formula is C16H19BrN2O3. The van der Waals surface area contributed by atoms with Crippen LogP contribution in [0.25, 0.3) is 0 Å². The molecular weight excluding hydrogens is 348 g/mol. The van der Waals surface area contributed by atoms with Crippen molar-refractivity contribution in [2.75, 3.05) is 32.8 Å². The Labute approximate surface area is 138 Å². The molecule has 0 saturated carbocycles. The molecule has 0 bridgehead atoms. The third-order valence-corrected chi connectivity index (χ3v) is 4.74. The molecule has 3 rings (SSSR count). The van der Waals surface area contributed by atoms with Crippen molar-refractivity contribution in [3.8, 4) is 0 Å². The van der Waals surface area contributed by atoms with E-state index in [-0.39, 0.29) is 17.9 Å². The maximum atomic E-state index is 12.7. The van der Waals surface area contributed by atoms with Crippen LogP contribution >= 0.6 is 15.9 Å². The molecule has 2 saturated heterocycles. The average Bonchev–Trinajstić information content (AvgIpc) is 3.04. The van der Waals surface area contributed by atoms with Gasteiger partial charge < -0.3 is 14.5 Å². The van der Waals surface area contributed by atoms with Crippen molar-refractivity contribution in [3.05, 3.63) is 34.3 Å². The lowest BCUT2D eigenvalue weighted by Crippen LogP contribution is -2.51. The smallest absolute Gasteiger partial charge is 0.254 e. The highest BCUT2D eigenvalue weighted by Gasteiger charge is 2.37. The SMILES string of the molecule is O=C(C1CCCN1C(=O)c1ccc(Br)cc1)N1CCOCC1. The standard InChI is InChI=1S/C16H19BrN2O3/c17-13-5-3-12(4-6-13)15(20)19-7-1-2-14(19)16(21)18-8-10-22-11-9-18/h3-6,14H,1-2,7-11H2. The van der Waals surface area contributed by atoms with Gasteiger partial charge in [-0.2, -0.15) is 0 Å². The maximum absolute atomic E-state index is 12.7. The monoisotopic (exact) mass is 366 g/mol. The van der Waals surface area contributed by atoms with E-state index in [0.29, 0.717) is 38.4 Å². The second-order valence-electron chi connectivity index (χ2n) is 5.60. The Kier molecular flexibility index (Phi) is 4.78. The average molecular weight is 367 g/mol. The molecule has 2 amide bonds. The molecule has 0 aliphatic carbocycles. The van der Waals surface area contributed by atoms with Crippen molar-refractivity contribution in [2.45, 2.75) is 18.9 Å². The second-order valence-corrected chi connectivity index (χ2v) is 6.52. The first-order valence-corrected chi connectivity index (χ1v) is 8.39. The van der Waals surface area contributed by atoms with Gasteiger partial charge in [-0.3, -0.25) is 9.59 Å². The topological polar surface area (TPSA) is 49.9 Å². The molecule has 6 heteroatoms. The molecule has 2 aliphatic rings. The normalized spacial score (nSPS) is 22.0. The predicted octanol–water partition coefficient (Wildman–Crippen LogP) is 1.91. The molecule has 5 nitrogen and oxygen atoms in total. The zero-order valence-corrected chi connectivity index (χ0v) is 13.9. The molecule has 1 aromatic carbocycles. The summed E-state index contributed by atoms with van der Waals surface area (Å²) >= 11 is 3.37. The van der Waals surface area contributed by atoms with Crippen LogP contribution in [-0.4, -0.2) is 60.5 Å². The van der Waals surface area contributed by atoms with Gasteiger partial charge >= 0.3 is 0 Å². The van der Waals surface area contributed by atoms with Crippen LogP contribution in [0.1, 0.15) is 23.2 Å². The summed E-state index contributed by atoms with van der Waals surface area (Å²) in [5.41, 5.74) is 0.630. The minimum absolute atomic E-state index is 0.0587. The summed E-state index contributed by atoms with van der Waals surface area (Å²) in [5.74, 6) is 0.00266. The second kappa shape index (κ2) is 6.79. The first kappa shape index (κ1) is 15.5. The third-order valence-electron chi connectivity index (χ3n) is 4.21. The van der Waals surface area contributed by atoms with Gasteiger partial charge in [0.1, 0.15) is 6.04 Å². The Morgan fingerprint density at radius 1 is 1.09 bits per heavy atom. The van der Waals surface area contributed by atoms with E-state index < -0.39 is 0 Å². The zero-order valence-electron chi connectivity index (χ0n) is 12.3. The van der Waals surface area contributed by atoms with Crippen LogP contribution in [0, 0.1) is 0 Å². The highest BCUT2D eigenvalue weighted by Crippen LogP contribution is 2.23. The van der Waals surface area contributed by atoms with Gasteiger partial charge in [0.2, 0.25) is 5.91 Å². The summed E-state index contributed by atoms with van der Waals surface area (Å²) < 4.78 is 6.22. The van der Waals surface area contributed by atoms with E-state index in [1.165, 1.54) is 0 Å². The van der Waals surface area contributed by atoms with Crippen LogP contribution < -0.4 is 0 Å². The first-order valence-electron chi connectivity index (χ1n) is 7.60. The molecule has 0 spiro atoms. The molecule has 1 atom stereocenters. The van der Waals surface area contributed by atoms with Crippen molar-refractivity contribution >= 4 is 27.7 Å². The molecule has 1 unspecified atom stereocenters. The molecule has 2 aliphatic heterocycles. The van der Waals surface area contributed by atoms with Crippen LogP contribution in [0.4, 0.5) is 0 Å². The van der Waals surface area contributed by atoms with Crippen LogP contribution in [0.15, 0.2) is 28.7 Å². The Morgan fingerprint density at radius 2 is 1.77 bits per heavy atom. The fraction of sp³-hybridized carbons (Fsp3) is 0.500. The summed E-state index contributed by atoms with van der Waals surface area (Å²) in [4.78, 5) is 28.9. The van der Waals surface area contributed by atoms with Gasteiger partial charge in [-0.15, -0.1) is 0 Å². The van der Waals surface area contributed by atoms with E-state index in [9.17, 15) is 9.59 Å². The number of morpholine rings is 1. The lowest BCUT2D eigenvalue weighted by molar-refractivity contribution is -0.139. The molecule has 0 radical (unpaired) electrons. The molecule has 0 N–H and O–H groups in total. The minimum atomic E-state index is -0.325. The number of halogens is 1. The van der Waals surface area contributed by atoms with E-state index in [2.05, 4.69) is 15.9 Å². The van der Waals surface area contributed by atoms with Gasteiger partial charge in [-0.05, 0) is 37.1 Å². The fourth-order valence-electron chi connectivity index (χ4n) is 3.02. The van der Waals surface area contributed by atoms with Crippen molar-refractivity contribution < 1.29 is 14.3 Å². The van der Waals surface area contributed by atoms with Gasteiger partial charge in [0.25, 0.3) is 5.91 Å². The van der Waals surface area contributed by atoms with Gasteiger partial charge in [0.05, 0.1) is 13.2 Å². The number of ether oxygens (including phenoxy) is 1. The number of likely N-dealkylation sites (tertiary alicyclic amines) is 1. The van der Waals surface area contributed by atoms with E-state index >= 15 is 0 Å². The highest BCUT2D eigenvalue weighted by molar-refractivity contribution is 9.10. The molecule has 1 aromatic rings. The molecule has 2 heterocycles. The van der Waals surface area contributed by atoms with E-state index in [0.717, 1.165) is 17.3 Å². The number of amides is 2. The van der Waals surface area contributed by atoms with Gasteiger partial charge in [0.15, 0.2) is 0 Å².